The second-order valence-corrected chi connectivity index (χ2v) is 4.80. The number of rotatable bonds is 0. The van der Waals surface area contributed by atoms with Gasteiger partial charge in [0, 0.05) is 26.5 Å². The summed E-state index contributed by atoms with van der Waals surface area (Å²) in [5, 5.41) is 2.39. The van der Waals surface area contributed by atoms with Gasteiger partial charge in [0.05, 0.1) is 0 Å². The third-order valence-corrected chi connectivity index (χ3v) is 3.44. The van der Waals surface area contributed by atoms with Crippen molar-refractivity contribution in [3.8, 4) is 0 Å². The molecule has 1 aromatic heterocycles. The van der Waals surface area contributed by atoms with Gasteiger partial charge in [-0.05, 0) is 37.0 Å². The number of hydrogen-bond acceptors (Lipinski definition) is 3. The molecule has 1 aromatic carbocycles. The molecule has 4 nitrogen and oxygen atoms in total. The largest absolute Gasteiger partial charge is 0.440 e. The van der Waals surface area contributed by atoms with E-state index in [4.69, 9.17) is 4.42 Å². The second kappa shape index (κ2) is 5.90. The standard InChI is InChI=1S/C13H13NO.C3H7NO/c1-3-9-4-5-10-6-7-11-13(12(9)10)15-8(2)14-11;1-3(5)4-2/h3,6-7H,4-5H2,1-2H3;1-2H3,(H,4,5)/b9-3+;. The number of amides is 1. The lowest BCUT2D eigenvalue weighted by atomic mass is 10.1. The monoisotopic (exact) mass is 272 g/mol. The van der Waals surface area contributed by atoms with Gasteiger partial charge >= 0.3 is 0 Å². The first-order valence-electron chi connectivity index (χ1n) is 6.79. The first-order valence-corrected chi connectivity index (χ1v) is 6.79. The van der Waals surface area contributed by atoms with E-state index in [1.54, 1.807) is 7.05 Å². The second-order valence-electron chi connectivity index (χ2n) is 4.80. The van der Waals surface area contributed by atoms with Gasteiger partial charge in [-0.25, -0.2) is 4.98 Å². The maximum atomic E-state index is 9.70. The average molecular weight is 272 g/mol. The number of carbonyl (C=O) groups is 1. The minimum Gasteiger partial charge on any atom is -0.440 e. The molecule has 1 amide bonds. The van der Waals surface area contributed by atoms with Gasteiger partial charge in [-0.1, -0.05) is 12.1 Å². The minimum atomic E-state index is 0.00463. The zero-order chi connectivity index (χ0) is 14.7. The van der Waals surface area contributed by atoms with Crippen LogP contribution in [-0.2, 0) is 11.2 Å². The van der Waals surface area contributed by atoms with Gasteiger partial charge in [0.2, 0.25) is 5.91 Å². The summed E-state index contributed by atoms with van der Waals surface area (Å²) in [6, 6.07) is 4.24. The van der Waals surface area contributed by atoms with Crippen molar-refractivity contribution in [3.63, 3.8) is 0 Å². The number of hydrogen-bond donors (Lipinski definition) is 1. The van der Waals surface area contributed by atoms with Crippen molar-refractivity contribution in [2.24, 2.45) is 0 Å². The normalized spacial score (nSPS) is 14.9. The number of allylic oxidation sites excluding steroid dienone is 2. The third kappa shape index (κ3) is 2.74. The minimum absolute atomic E-state index is 0.00463. The van der Waals surface area contributed by atoms with Gasteiger partial charge in [-0.15, -0.1) is 0 Å². The summed E-state index contributed by atoms with van der Waals surface area (Å²) in [5.41, 5.74) is 6.03. The first-order chi connectivity index (χ1) is 9.56. The van der Waals surface area contributed by atoms with Crippen molar-refractivity contribution >= 4 is 22.6 Å². The van der Waals surface area contributed by atoms with Crippen LogP contribution in [0.15, 0.2) is 22.6 Å². The van der Waals surface area contributed by atoms with Crippen LogP contribution in [0.3, 0.4) is 0 Å². The van der Waals surface area contributed by atoms with Crippen molar-refractivity contribution < 1.29 is 9.21 Å². The van der Waals surface area contributed by atoms with Crippen molar-refractivity contribution in [1.29, 1.82) is 0 Å². The number of carbonyl (C=O) groups excluding carboxylic acids is 1. The summed E-state index contributed by atoms with van der Waals surface area (Å²) in [4.78, 5) is 14.1. The smallest absolute Gasteiger partial charge is 0.216 e. The van der Waals surface area contributed by atoms with Crippen LogP contribution in [0.4, 0.5) is 0 Å². The van der Waals surface area contributed by atoms with Crippen LogP contribution in [0, 0.1) is 6.92 Å². The number of nitrogens with zero attached hydrogens (tertiary/aromatic N) is 1. The summed E-state index contributed by atoms with van der Waals surface area (Å²) >= 11 is 0. The number of nitrogens with one attached hydrogen (secondary N) is 1. The van der Waals surface area contributed by atoms with Crippen LogP contribution in [0.2, 0.25) is 0 Å². The molecule has 0 bridgehead atoms. The van der Waals surface area contributed by atoms with Gasteiger partial charge < -0.3 is 9.73 Å². The highest BCUT2D eigenvalue weighted by Crippen LogP contribution is 2.37. The molecular weight excluding hydrogens is 252 g/mol. The van der Waals surface area contributed by atoms with E-state index in [9.17, 15) is 4.79 Å². The van der Waals surface area contributed by atoms with Gasteiger partial charge in [0.25, 0.3) is 0 Å². The molecule has 0 atom stereocenters. The van der Waals surface area contributed by atoms with Crippen LogP contribution >= 0.6 is 0 Å². The Morgan fingerprint density at radius 1 is 1.40 bits per heavy atom. The van der Waals surface area contributed by atoms with Crippen LogP contribution in [0.25, 0.3) is 16.7 Å². The van der Waals surface area contributed by atoms with E-state index in [2.05, 4.69) is 35.4 Å². The molecule has 2 aromatic rings. The van der Waals surface area contributed by atoms with Crippen molar-refractivity contribution in [2.45, 2.75) is 33.6 Å². The van der Waals surface area contributed by atoms with Crippen LogP contribution in [-0.4, -0.2) is 17.9 Å². The molecule has 0 aliphatic heterocycles. The molecule has 1 aliphatic rings. The zero-order valence-corrected chi connectivity index (χ0v) is 12.4. The van der Waals surface area contributed by atoms with Crippen molar-refractivity contribution in [1.82, 2.24) is 10.3 Å². The number of fused-ring (bicyclic) bond motifs is 3. The molecule has 1 N–H and O–H groups in total. The molecule has 3 rings (SSSR count). The zero-order valence-electron chi connectivity index (χ0n) is 12.4. The fourth-order valence-electron chi connectivity index (χ4n) is 2.39. The number of benzene rings is 1. The Bertz CT molecular complexity index is 668. The molecule has 106 valence electrons. The van der Waals surface area contributed by atoms with Crippen molar-refractivity contribution in [2.75, 3.05) is 7.05 Å². The highest BCUT2D eigenvalue weighted by atomic mass is 16.3. The van der Waals surface area contributed by atoms with Crippen LogP contribution in [0.1, 0.15) is 37.3 Å². The Morgan fingerprint density at radius 3 is 2.70 bits per heavy atom. The first kappa shape index (κ1) is 14.3. The van der Waals surface area contributed by atoms with E-state index >= 15 is 0 Å². The van der Waals surface area contributed by atoms with Gasteiger partial charge in [0.15, 0.2) is 11.5 Å². The summed E-state index contributed by atoms with van der Waals surface area (Å²) < 4.78 is 5.69. The van der Waals surface area contributed by atoms with E-state index in [0.29, 0.717) is 0 Å². The van der Waals surface area contributed by atoms with Gasteiger partial charge in [-0.2, -0.15) is 0 Å². The van der Waals surface area contributed by atoms with E-state index in [0.717, 1.165) is 29.8 Å². The molecule has 0 saturated heterocycles. The SMILES string of the molecule is C/C=C1\CCc2ccc3nc(C)oc3c21.CNC(C)=O. The molecule has 0 unspecified atom stereocenters. The predicted octanol–water partition coefficient (Wildman–Crippen LogP) is 3.24. The molecule has 1 heterocycles. The van der Waals surface area contributed by atoms with E-state index in [1.165, 1.54) is 23.6 Å². The van der Waals surface area contributed by atoms with E-state index < -0.39 is 0 Å². The fraction of sp³-hybridized carbons (Fsp3) is 0.375. The third-order valence-electron chi connectivity index (χ3n) is 3.44. The van der Waals surface area contributed by atoms with Gasteiger partial charge in [0.1, 0.15) is 5.52 Å². The van der Waals surface area contributed by atoms with Crippen LogP contribution in [0.5, 0.6) is 0 Å². The predicted molar refractivity (Wildman–Crippen MR) is 80.5 cm³/mol. The summed E-state index contributed by atoms with van der Waals surface area (Å²) in [7, 11) is 1.60. The quantitative estimate of drug-likeness (QED) is 0.801. The maximum absolute atomic E-state index is 9.70. The Labute approximate surface area is 118 Å². The lowest BCUT2D eigenvalue weighted by Gasteiger charge is -2.00. The van der Waals surface area contributed by atoms with Crippen LogP contribution < -0.4 is 5.32 Å². The molecule has 0 radical (unpaired) electrons. The number of aryl methyl sites for hydroxylation is 2. The fourth-order valence-corrected chi connectivity index (χ4v) is 2.39. The van der Waals surface area contributed by atoms with E-state index in [1.807, 2.05) is 6.92 Å². The Kier molecular flexibility index (Phi) is 4.23. The van der Waals surface area contributed by atoms with Crippen molar-refractivity contribution in [3.05, 3.63) is 35.2 Å². The summed E-state index contributed by atoms with van der Waals surface area (Å²) in [6.45, 7) is 5.46. The van der Waals surface area contributed by atoms with E-state index in [-0.39, 0.29) is 5.91 Å². The summed E-state index contributed by atoms with van der Waals surface area (Å²) in [5.74, 6) is 0.755. The number of aromatic nitrogens is 1. The van der Waals surface area contributed by atoms with Gasteiger partial charge in [-0.3, -0.25) is 4.79 Å². The Balaban J connectivity index is 0.000000257. The molecule has 1 aliphatic carbocycles. The Hall–Kier alpha value is -2.10. The lowest BCUT2D eigenvalue weighted by molar-refractivity contribution is -0.118. The molecule has 0 fully saturated rings. The summed E-state index contributed by atoms with van der Waals surface area (Å²) in [6.07, 6.45) is 4.44. The Morgan fingerprint density at radius 2 is 2.10 bits per heavy atom. The molecular formula is C16H20N2O2. The highest BCUT2D eigenvalue weighted by molar-refractivity contribution is 5.91. The topological polar surface area (TPSA) is 55.1 Å². The molecule has 0 saturated carbocycles. The molecule has 0 spiro atoms. The molecule has 20 heavy (non-hydrogen) atoms. The maximum Gasteiger partial charge on any atom is 0.216 e. The highest BCUT2D eigenvalue weighted by Gasteiger charge is 2.21. The lowest BCUT2D eigenvalue weighted by Crippen LogP contribution is -2.11. The average Bonchev–Trinajstić information content (AvgIpc) is 3.00. The number of oxazole rings is 1. The molecule has 4 heteroatoms.